The predicted molar refractivity (Wildman–Crippen MR) is 212 cm³/mol. The molecule has 0 aromatic heterocycles. The monoisotopic (exact) mass is 752 g/mol. The van der Waals surface area contributed by atoms with Crippen LogP contribution >= 0.6 is 0 Å². The van der Waals surface area contributed by atoms with E-state index in [0.29, 0.717) is 13.0 Å². The van der Waals surface area contributed by atoms with Crippen LogP contribution in [0.2, 0.25) is 0 Å². The Morgan fingerprint density at radius 3 is 2.04 bits per heavy atom. The van der Waals surface area contributed by atoms with E-state index in [9.17, 15) is 24.0 Å². The molecule has 0 bridgehead atoms. The summed E-state index contributed by atoms with van der Waals surface area (Å²) in [5, 5.41) is 5.34. The highest BCUT2D eigenvalue weighted by Gasteiger charge is 2.42. The van der Waals surface area contributed by atoms with Crippen LogP contribution < -0.4 is 27.8 Å². The Morgan fingerprint density at radius 2 is 1.64 bits per heavy atom. The van der Waals surface area contributed by atoms with Crippen molar-refractivity contribution in [3.05, 3.63) is 36.5 Å². The number of ether oxygens (including phenoxy) is 2. The summed E-state index contributed by atoms with van der Waals surface area (Å²) < 4.78 is 11.5. The van der Waals surface area contributed by atoms with Crippen LogP contribution in [0.25, 0.3) is 0 Å². The first-order chi connectivity index (χ1) is 24.8. The van der Waals surface area contributed by atoms with E-state index in [1.54, 1.807) is 50.9 Å². The van der Waals surface area contributed by atoms with Gasteiger partial charge in [0.05, 0.1) is 49.2 Å². The normalized spacial score (nSPS) is 18.3. The van der Waals surface area contributed by atoms with E-state index in [2.05, 4.69) is 30.2 Å². The Labute approximate surface area is 319 Å². The summed E-state index contributed by atoms with van der Waals surface area (Å²) in [6.45, 7) is 19.4. The summed E-state index contributed by atoms with van der Waals surface area (Å²) in [6, 6.07) is -1.05. The van der Waals surface area contributed by atoms with Gasteiger partial charge >= 0.3 is 0 Å². The topological polar surface area (TPSA) is 212 Å². The highest BCUT2D eigenvalue weighted by molar-refractivity contribution is 5.85. The number of rotatable bonds is 20. The molecule has 5 amide bonds. The first-order valence-electron chi connectivity index (χ1n) is 18.6. The van der Waals surface area contributed by atoms with Crippen molar-refractivity contribution in [2.24, 2.45) is 35.0 Å². The van der Waals surface area contributed by atoms with Crippen LogP contribution in [0.15, 0.2) is 36.5 Å². The lowest BCUT2D eigenvalue weighted by atomic mass is 9.90. The predicted octanol–water partition coefficient (Wildman–Crippen LogP) is 2.66. The van der Waals surface area contributed by atoms with Crippen molar-refractivity contribution in [3.63, 3.8) is 0 Å². The lowest BCUT2D eigenvalue weighted by molar-refractivity contribution is -0.146. The summed E-state index contributed by atoms with van der Waals surface area (Å²) in [5.74, 6) is -1.70. The van der Waals surface area contributed by atoms with Crippen LogP contribution in [0.3, 0.4) is 0 Å². The number of likely N-dealkylation sites (tertiary alicyclic amines) is 1. The molecule has 0 aromatic rings. The van der Waals surface area contributed by atoms with Gasteiger partial charge in [-0.1, -0.05) is 77.5 Å². The highest BCUT2D eigenvalue weighted by Crippen LogP contribution is 2.29. The van der Waals surface area contributed by atoms with E-state index in [-0.39, 0.29) is 79.0 Å². The lowest BCUT2D eigenvalue weighted by Crippen LogP contribution is -2.53. The minimum absolute atomic E-state index is 0.0842. The Balaban J connectivity index is 0. The zero-order valence-electron chi connectivity index (χ0n) is 34.6. The van der Waals surface area contributed by atoms with E-state index in [4.69, 9.17) is 26.7 Å². The number of nitrogens with zero attached hydrogens (tertiary/aromatic N) is 2. The average molecular weight is 752 g/mol. The maximum atomic E-state index is 13.5. The molecular formula is C39H73N7O7. The third kappa shape index (κ3) is 19.3. The standard InChI is InChI=1S/C25H47N5O6.C8H12.C6H14N2O/c1-8-15(2)23(29(5)21(32)12-16(3)26)19(35-6)13-22(33)30-11-9-10-18(30)24(36-7)17(4)25(34)28-14-20(27)31;1-4-6-7-8(3)5-2;1-4(2)5(8-3)6(7)9/h15-19,23-24H,8-14,26H2,1-7H3,(H2,27,31)(H,28,34);4-7H,1H2,2-3H3;4-5,8H,1-3H3,(H2,7,9)/b;7-6-,8-5-;. The molecule has 8 atom stereocenters. The zero-order valence-corrected chi connectivity index (χ0v) is 34.6. The van der Waals surface area contributed by atoms with Gasteiger partial charge < -0.3 is 47.1 Å². The molecule has 0 aromatic carbocycles. The van der Waals surface area contributed by atoms with Crippen molar-refractivity contribution in [3.8, 4) is 0 Å². The van der Waals surface area contributed by atoms with Crippen molar-refractivity contribution >= 4 is 29.5 Å². The molecule has 8 unspecified atom stereocenters. The summed E-state index contributed by atoms with van der Waals surface area (Å²) in [6.07, 6.45) is 9.31. The fourth-order valence-electron chi connectivity index (χ4n) is 6.20. The molecule has 14 heteroatoms. The number of likely N-dealkylation sites (N-methyl/N-ethyl adjacent to an activating group) is 2. The number of allylic oxidation sites excluding steroid dienone is 5. The Morgan fingerprint density at radius 1 is 1.04 bits per heavy atom. The average Bonchev–Trinajstić information content (AvgIpc) is 3.59. The van der Waals surface area contributed by atoms with Gasteiger partial charge in [-0.15, -0.1) is 0 Å². The third-order valence-corrected chi connectivity index (χ3v) is 9.47. The Hall–Kier alpha value is -3.59. The fourth-order valence-corrected chi connectivity index (χ4v) is 6.20. The lowest BCUT2D eigenvalue weighted by Gasteiger charge is -2.39. The molecule has 1 saturated heterocycles. The number of hydrogen-bond donors (Lipinski definition) is 5. The molecule has 1 fully saturated rings. The smallest absolute Gasteiger partial charge is 0.236 e. The second-order valence-corrected chi connectivity index (χ2v) is 14.1. The van der Waals surface area contributed by atoms with Crippen LogP contribution in [0.4, 0.5) is 0 Å². The maximum absolute atomic E-state index is 13.5. The number of amides is 5. The second-order valence-electron chi connectivity index (χ2n) is 14.1. The third-order valence-electron chi connectivity index (χ3n) is 9.47. The van der Waals surface area contributed by atoms with E-state index in [1.165, 1.54) is 12.7 Å². The zero-order chi connectivity index (χ0) is 41.4. The van der Waals surface area contributed by atoms with E-state index in [0.717, 1.165) is 12.8 Å². The number of nitrogens with one attached hydrogen (secondary N) is 2. The van der Waals surface area contributed by atoms with Gasteiger partial charge in [-0.25, -0.2) is 0 Å². The summed E-state index contributed by atoms with van der Waals surface area (Å²) in [4.78, 5) is 63.9. The number of nitrogens with two attached hydrogens (primary N) is 3. The second kappa shape index (κ2) is 27.9. The van der Waals surface area contributed by atoms with Gasteiger partial charge in [0, 0.05) is 40.3 Å². The quantitative estimate of drug-likeness (QED) is 0.116. The molecule has 53 heavy (non-hydrogen) atoms. The van der Waals surface area contributed by atoms with Gasteiger partial charge in [0.25, 0.3) is 0 Å². The van der Waals surface area contributed by atoms with E-state index < -0.39 is 24.0 Å². The minimum atomic E-state index is -0.631. The van der Waals surface area contributed by atoms with Gasteiger partial charge in [-0.3, -0.25) is 24.0 Å². The number of methoxy groups -OCH3 is 2. The molecule has 14 nitrogen and oxygen atoms in total. The molecule has 0 spiro atoms. The number of hydrogen-bond acceptors (Lipinski definition) is 9. The van der Waals surface area contributed by atoms with Crippen LogP contribution in [0, 0.1) is 17.8 Å². The summed E-state index contributed by atoms with van der Waals surface area (Å²) in [5.41, 5.74) is 17.3. The molecule has 1 heterocycles. The van der Waals surface area contributed by atoms with E-state index >= 15 is 0 Å². The highest BCUT2D eigenvalue weighted by atomic mass is 16.5. The van der Waals surface area contributed by atoms with Crippen LogP contribution in [0.1, 0.15) is 87.5 Å². The van der Waals surface area contributed by atoms with Crippen LogP contribution in [-0.2, 0) is 33.4 Å². The maximum Gasteiger partial charge on any atom is 0.236 e. The number of carbonyl (C=O) groups is 5. The molecule has 1 aliphatic rings. The fraction of sp³-hybridized carbons (Fsp3) is 0.718. The van der Waals surface area contributed by atoms with Crippen LogP contribution in [0.5, 0.6) is 0 Å². The van der Waals surface area contributed by atoms with Gasteiger partial charge in [0.1, 0.15) is 0 Å². The number of carbonyl (C=O) groups excluding carboxylic acids is 5. The van der Waals surface area contributed by atoms with Crippen molar-refractivity contribution in [2.75, 3.05) is 41.4 Å². The van der Waals surface area contributed by atoms with E-state index in [1.807, 2.05) is 46.8 Å². The molecular weight excluding hydrogens is 678 g/mol. The van der Waals surface area contributed by atoms with Gasteiger partial charge in [-0.05, 0) is 52.5 Å². The van der Waals surface area contributed by atoms with Crippen molar-refractivity contribution < 1.29 is 33.4 Å². The first-order valence-corrected chi connectivity index (χ1v) is 18.6. The van der Waals surface area contributed by atoms with Gasteiger partial charge in [-0.2, -0.15) is 0 Å². The summed E-state index contributed by atoms with van der Waals surface area (Å²) >= 11 is 0. The molecule has 1 aliphatic heterocycles. The number of primary amides is 2. The molecule has 0 radical (unpaired) electrons. The van der Waals surface area contributed by atoms with Crippen LogP contribution in [-0.4, -0.2) is 117 Å². The summed E-state index contributed by atoms with van der Waals surface area (Å²) in [7, 11) is 6.54. The molecule has 1 rings (SSSR count). The van der Waals surface area contributed by atoms with Crippen molar-refractivity contribution in [1.82, 2.24) is 20.4 Å². The van der Waals surface area contributed by atoms with Gasteiger partial charge in [0.2, 0.25) is 29.5 Å². The Bertz CT molecular complexity index is 1190. The van der Waals surface area contributed by atoms with Gasteiger partial charge in [0.15, 0.2) is 0 Å². The molecule has 306 valence electrons. The molecule has 8 N–H and O–H groups in total. The first kappa shape index (κ1) is 51.5. The largest absolute Gasteiger partial charge is 0.379 e. The molecule has 0 aliphatic carbocycles. The van der Waals surface area contributed by atoms with Crippen molar-refractivity contribution in [2.45, 2.75) is 124 Å². The minimum Gasteiger partial charge on any atom is -0.379 e. The Kier molecular flexibility index (Phi) is 27.2. The molecule has 0 saturated carbocycles. The van der Waals surface area contributed by atoms with Crippen molar-refractivity contribution in [1.29, 1.82) is 0 Å². The SMILES string of the molecule is C=C/C=C\C(C)=C/C.CCC(C)C(C(CC(=O)N1CCCC1C(OC)C(C)C(=O)NCC(N)=O)OC)N(C)C(=O)CC(C)N.CNC(C(N)=O)C(C)C.